The van der Waals surface area contributed by atoms with E-state index in [1.54, 1.807) is 6.20 Å². The Morgan fingerprint density at radius 2 is 1.83 bits per heavy atom. The first-order valence-corrected chi connectivity index (χ1v) is 6.03. The Bertz CT molecular complexity index is 370. The van der Waals surface area contributed by atoms with Gasteiger partial charge in [0.2, 0.25) is 12.1 Å². The van der Waals surface area contributed by atoms with Gasteiger partial charge in [0.05, 0.1) is 0 Å². The lowest BCUT2D eigenvalue weighted by Crippen LogP contribution is -2.26. The molecule has 4 heteroatoms. The number of ether oxygens (including phenoxy) is 2. The molecule has 0 saturated heterocycles. The van der Waals surface area contributed by atoms with Crippen molar-refractivity contribution in [2.75, 3.05) is 18.5 Å². The largest absolute Gasteiger partial charge is 0.362 e. The van der Waals surface area contributed by atoms with Gasteiger partial charge in [-0.25, -0.2) is 0 Å². The fourth-order valence-corrected chi connectivity index (χ4v) is 1.35. The minimum absolute atomic E-state index is 0.206. The van der Waals surface area contributed by atoms with Crippen LogP contribution in [0.2, 0.25) is 0 Å². The topological polar surface area (TPSA) is 47.6 Å². The van der Waals surface area contributed by atoms with E-state index < -0.39 is 6.29 Å². The SMILES string of the molecule is CCOC(OCC)C(=O)/C=C\Nc1ccccc1. The molecule has 1 aromatic carbocycles. The van der Waals surface area contributed by atoms with E-state index in [1.807, 2.05) is 44.2 Å². The van der Waals surface area contributed by atoms with Gasteiger partial charge in [-0.3, -0.25) is 4.79 Å². The van der Waals surface area contributed by atoms with Crippen molar-refractivity contribution < 1.29 is 14.3 Å². The Morgan fingerprint density at radius 3 is 2.39 bits per heavy atom. The lowest BCUT2D eigenvalue weighted by molar-refractivity contribution is -0.162. The fraction of sp³-hybridized carbons (Fsp3) is 0.357. The van der Waals surface area contributed by atoms with Crippen molar-refractivity contribution in [1.29, 1.82) is 0 Å². The highest BCUT2D eigenvalue weighted by Crippen LogP contribution is 2.05. The second-order valence-electron chi connectivity index (χ2n) is 3.49. The Morgan fingerprint density at radius 1 is 1.22 bits per heavy atom. The molecular formula is C14H19NO3. The van der Waals surface area contributed by atoms with E-state index in [0.717, 1.165) is 5.69 Å². The van der Waals surface area contributed by atoms with E-state index in [2.05, 4.69) is 5.32 Å². The molecule has 0 aliphatic heterocycles. The minimum atomic E-state index is -0.811. The summed E-state index contributed by atoms with van der Waals surface area (Å²) in [5.74, 6) is -0.206. The summed E-state index contributed by atoms with van der Waals surface area (Å²) in [6.07, 6.45) is 2.19. The van der Waals surface area contributed by atoms with Crippen LogP contribution in [0.25, 0.3) is 0 Å². The summed E-state index contributed by atoms with van der Waals surface area (Å²) in [4.78, 5) is 11.7. The summed E-state index contributed by atoms with van der Waals surface area (Å²) in [6, 6.07) is 9.59. The van der Waals surface area contributed by atoms with Gasteiger partial charge in [-0.05, 0) is 26.0 Å². The van der Waals surface area contributed by atoms with Gasteiger partial charge in [-0.2, -0.15) is 0 Å². The van der Waals surface area contributed by atoms with Crippen LogP contribution in [-0.4, -0.2) is 25.3 Å². The zero-order valence-electron chi connectivity index (χ0n) is 10.8. The Labute approximate surface area is 108 Å². The highest BCUT2D eigenvalue weighted by atomic mass is 16.7. The molecule has 0 amide bonds. The third-order valence-electron chi connectivity index (χ3n) is 2.14. The molecule has 0 saturated carbocycles. The van der Waals surface area contributed by atoms with Crippen LogP contribution in [0.3, 0.4) is 0 Å². The lowest BCUT2D eigenvalue weighted by atomic mass is 10.3. The first kappa shape index (κ1) is 14.4. The molecule has 0 aliphatic rings. The molecule has 1 N–H and O–H groups in total. The maximum absolute atomic E-state index is 11.7. The minimum Gasteiger partial charge on any atom is -0.362 e. The molecule has 18 heavy (non-hydrogen) atoms. The highest BCUT2D eigenvalue weighted by molar-refractivity contribution is 5.92. The van der Waals surface area contributed by atoms with Gasteiger partial charge in [0.1, 0.15) is 0 Å². The van der Waals surface area contributed by atoms with Gasteiger partial charge >= 0.3 is 0 Å². The second kappa shape index (κ2) is 8.44. The van der Waals surface area contributed by atoms with E-state index in [4.69, 9.17) is 9.47 Å². The fourth-order valence-electron chi connectivity index (χ4n) is 1.35. The first-order valence-electron chi connectivity index (χ1n) is 6.03. The summed E-state index contributed by atoms with van der Waals surface area (Å²) in [7, 11) is 0. The van der Waals surface area contributed by atoms with Crippen molar-refractivity contribution in [3.63, 3.8) is 0 Å². The Balaban J connectivity index is 2.47. The summed E-state index contributed by atoms with van der Waals surface area (Å²) in [5, 5.41) is 3.00. The van der Waals surface area contributed by atoms with Crippen molar-refractivity contribution in [2.24, 2.45) is 0 Å². The second-order valence-corrected chi connectivity index (χ2v) is 3.49. The first-order chi connectivity index (χ1) is 8.77. The molecule has 0 radical (unpaired) electrons. The van der Waals surface area contributed by atoms with Gasteiger partial charge in [0, 0.05) is 31.2 Å². The molecule has 4 nitrogen and oxygen atoms in total. The maximum Gasteiger partial charge on any atom is 0.222 e. The zero-order chi connectivity index (χ0) is 13.2. The van der Waals surface area contributed by atoms with Crippen LogP contribution < -0.4 is 5.32 Å². The van der Waals surface area contributed by atoms with Crippen LogP contribution in [-0.2, 0) is 14.3 Å². The molecule has 1 rings (SSSR count). The van der Waals surface area contributed by atoms with E-state index in [9.17, 15) is 4.79 Å². The summed E-state index contributed by atoms with van der Waals surface area (Å²) < 4.78 is 10.4. The zero-order valence-corrected chi connectivity index (χ0v) is 10.8. The normalized spacial score (nSPS) is 11.1. The van der Waals surface area contributed by atoms with Gasteiger partial charge < -0.3 is 14.8 Å². The number of rotatable bonds is 8. The van der Waals surface area contributed by atoms with Crippen molar-refractivity contribution in [2.45, 2.75) is 20.1 Å². The monoisotopic (exact) mass is 249 g/mol. The quantitative estimate of drug-likeness (QED) is 0.568. The van der Waals surface area contributed by atoms with Crippen molar-refractivity contribution in [3.8, 4) is 0 Å². The maximum atomic E-state index is 11.7. The van der Waals surface area contributed by atoms with Crippen molar-refractivity contribution in [1.82, 2.24) is 0 Å². The van der Waals surface area contributed by atoms with E-state index in [0.29, 0.717) is 13.2 Å². The third kappa shape index (κ3) is 5.12. The number of nitrogens with one attached hydrogen (secondary N) is 1. The molecule has 0 aromatic heterocycles. The molecule has 0 fully saturated rings. The van der Waals surface area contributed by atoms with Crippen molar-refractivity contribution >= 4 is 11.5 Å². The lowest BCUT2D eigenvalue weighted by Gasteiger charge is -2.13. The molecule has 0 atom stereocenters. The number of carbonyl (C=O) groups is 1. The number of benzene rings is 1. The molecule has 1 aromatic rings. The van der Waals surface area contributed by atoms with Crippen LogP contribution in [0.4, 0.5) is 5.69 Å². The standard InChI is InChI=1S/C14H19NO3/c1-3-17-14(18-4-2)13(16)10-11-15-12-8-6-5-7-9-12/h5-11,14-15H,3-4H2,1-2H3/b11-10-. The molecule has 98 valence electrons. The smallest absolute Gasteiger partial charge is 0.222 e. The number of anilines is 1. The number of hydrogen-bond donors (Lipinski definition) is 1. The molecule has 0 heterocycles. The predicted octanol–water partition coefficient (Wildman–Crippen LogP) is 2.58. The average Bonchev–Trinajstić information content (AvgIpc) is 2.39. The molecule has 0 aliphatic carbocycles. The molecule has 0 spiro atoms. The summed E-state index contributed by atoms with van der Waals surface area (Å²) >= 11 is 0. The van der Waals surface area contributed by atoms with Crippen LogP contribution >= 0.6 is 0 Å². The number of ketones is 1. The molecular weight excluding hydrogens is 230 g/mol. The average molecular weight is 249 g/mol. The van der Waals surface area contributed by atoms with Gasteiger partial charge in [0.15, 0.2) is 0 Å². The third-order valence-corrected chi connectivity index (χ3v) is 2.14. The number of carbonyl (C=O) groups excluding carboxylic acids is 1. The molecule has 0 unspecified atom stereocenters. The number of hydrogen-bond acceptors (Lipinski definition) is 4. The van der Waals surface area contributed by atoms with E-state index >= 15 is 0 Å². The van der Waals surface area contributed by atoms with E-state index in [1.165, 1.54) is 6.08 Å². The molecule has 0 bridgehead atoms. The highest BCUT2D eigenvalue weighted by Gasteiger charge is 2.15. The Kier molecular flexibility index (Phi) is 6.76. The summed E-state index contributed by atoms with van der Waals surface area (Å²) in [5.41, 5.74) is 0.922. The van der Waals surface area contributed by atoms with Gasteiger partial charge in [0.25, 0.3) is 0 Å². The van der Waals surface area contributed by atoms with Gasteiger partial charge in [-0.1, -0.05) is 18.2 Å². The van der Waals surface area contributed by atoms with E-state index in [-0.39, 0.29) is 5.78 Å². The summed E-state index contributed by atoms with van der Waals surface area (Å²) in [6.45, 7) is 4.53. The Hall–Kier alpha value is -1.65. The van der Waals surface area contributed by atoms with Crippen molar-refractivity contribution in [3.05, 3.63) is 42.6 Å². The van der Waals surface area contributed by atoms with Crippen LogP contribution in [0, 0.1) is 0 Å². The van der Waals surface area contributed by atoms with Crippen LogP contribution in [0.1, 0.15) is 13.8 Å². The van der Waals surface area contributed by atoms with Gasteiger partial charge in [-0.15, -0.1) is 0 Å². The van der Waals surface area contributed by atoms with Crippen LogP contribution in [0.5, 0.6) is 0 Å². The van der Waals surface area contributed by atoms with Crippen LogP contribution in [0.15, 0.2) is 42.6 Å². The predicted molar refractivity (Wildman–Crippen MR) is 71.3 cm³/mol. The number of para-hydroxylation sites is 1.